The highest BCUT2D eigenvalue weighted by Crippen LogP contribution is 2.20. The van der Waals surface area contributed by atoms with E-state index in [-0.39, 0.29) is 0 Å². The Kier molecular flexibility index (Phi) is 5.66. The molecule has 1 aliphatic rings. The van der Waals surface area contributed by atoms with Gasteiger partial charge < -0.3 is 10.0 Å². The molecule has 0 saturated carbocycles. The molecule has 1 saturated heterocycles. The fourth-order valence-corrected chi connectivity index (χ4v) is 3.18. The zero-order valence-electron chi connectivity index (χ0n) is 15.4. The fraction of sp³-hybridized carbons (Fsp3) is 0.500. The van der Waals surface area contributed by atoms with Crippen LogP contribution in [-0.2, 0) is 0 Å². The van der Waals surface area contributed by atoms with Gasteiger partial charge in [-0.25, -0.2) is 9.97 Å². The van der Waals surface area contributed by atoms with Crippen molar-refractivity contribution in [2.45, 2.75) is 32.8 Å². The average molecular weight is 340 g/mol. The number of benzene rings is 1. The molecule has 3 rings (SSSR count). The Morgan fingerprint density at radius 1 is 1.04 bits per heavy atom. The lowest BCUT2D eigenvalue weighted by Crippen LogP contribution is -2.48. The standard InChI is InChI=1S/C20H28N4O/c1-15(2)20-21-16(3)13-19(22-20)24-11-9-23(10-12-24)14-18(25)17-7-5-4-6-8-17/h4-8,13,15,18,25H,9-12,14H2,1-3H3/t18-/m1/s1. The number of aliphatic hydroxyl groups is 1. The lowest BCUT2D eigenvalue weighted by Gasteiger charge is -2.36. The van der Waals surface area contributed by atoms with Crippen LogP contribution in [0.2, 0.25) is 0 Å². The zero-order valence-corrected chi connectivity index (χ0v) is 15.4. The molecule has 0 amide bonds. The van der Waals surface area contributed by atoms with E-state index in [0.29, 0.717) is 12.5 Å². The van der Waals surface area contributed by atoms with Crippen molar-refractivity contribution in [2.75, 3.05) is 37.6 Å². The summed E-state index contributed by atoms with van der Waals surface area (Å²) >= 11 is 0. The second kappa shape index (κ2) is 7.93. The molecule has 1 N–H and O–H groups in total. The molecule has 0 spiro atoms. The van der Waals surface area contributed by atoms with Gasteiger partial charge in [0.15, 0.2) is 0 Å². The van der Waals surface area contributed by atoms with Gasteiger partial charge in [-0.05, 0) is 12.5 Å². The molecule has 25 heavy (non-hydrogen) atoms. The summed E-state index contributed by atoms with van der Waals surface area (Å²) in [6.45, 7) is 10.7. The van der Waals surface area contributed by atoms with Crippen LogP contribution < -0.4 is 4.90 Å². The van der Waals surface area contributed by atoms with Crippen LogP contribution in [0, 0.1) is 6.92 Å². The summed E-state index contributed by atoms with van der Waals surface area (Å²) in [4.78, 5) is 13.9. The lowest BCUT2D eigenvalue weighted by atomic mass is 10.1. The molecule has 1 aromatic carbocycles. The van der Waals surface area contributed by atoms with E-state index in [0.717, 1.165) is 49.1 Å². The molecule has 2 aromatic rings. The Labute approximate surface area is 150 Å². The molecule has 1 fully saturated rings. The summed E-state index contributed by atoms with van der Waals surface area (Å²) in [5.74, 6) is 2.28. The number of aryl methyl sites for hydroxylation is 1. The maximum atomic E-state index is 10.4. The number of hydrogen-bond donors (Lipinski definition) is 1. The topological polar surface area (TPSA) is 52.5 Å². The van der Waals surface area contributed by atoms with Crippen LogP contribution in [0.4, 0.5) is 5.82 Å². The summed E-state index contributed by atoms with van der Waals surface area (Å²) in [6.07, 6.45) is -0.429. The third-order valence-corrected chi connectivity index (χ3v) is 4.69. The van der Waals surface area contributed by atoms with Crippen LogP contribution in [-0.4, -0.2) is 52.7 Å². The van der Waals surface area contributed by atoms with Gasteiger partial charge >= 0.3 is 0 Å². The summed E-state index contributed by atoms with van der Waals surface area (Å²) in [5, 5.41) is 10.4. The number of β-amino-alcohol motifs (C(OH)–C–C–N with tert-alkyl or cyclic N) is 1. The number of aromatic nitrogens is 2. The SMILES string of the molecule is Cc1cc(N2CCN(C[C@@H](O)c3ccccc3)CC2)nc(C(C)C)n1. The number of piperazine rings is 1. The van der Waals surface area contributed by atoms with Crippen LogP contribution in [0.1, 0.15) is 43.0 Å². The van der Waals surface area contributed by atoms with Crippen molar-refractivity contribution in [3.8, 4) is 0 Å². The Hall–Kier alpha value is -1.98. The van der Waals surface area contributed by atoms with Crippen LogP contribution >= 0.6 is 0 Å². The van der Waals surface area contributed by atoms with Crippen molar-refractivity contribution in [1.29, 1.82) is 0 Å². The van der Waals surface area contributed by atoms with Crippen molar-refractivity contribution in [1.82, 2.24) is 14.9 Å². The monoisotopic (exact) mass is 340 g/mol. The molecular weight excluding hydrogens is 312 g/mol. The molecule has 0 bridgehead atoms. The van der Waals surface area contributed by atoms with Crippen molar-refractivity contribution >= 4 is 5.82 Å². The highest BCUT2D eigenvalue weighted by Gasteiger charge is 2.21. The van der Waals surface area contributed by atoms with Crippen molar-refractivity contribution in [3.05, 3.63) is 53.5 Å². The summed E-state index contributed by atoms with van der Waals surface area (Å²) < 4.78 is 0. The number of anilines is 1. The molecule has 0 unspecified atom stereocenters. The van der Waals surface area contributed by atoms with Crippen LogP contribution in [0.5, 0.6) is 0 Å². The largest absolute Gasteiger partial charge is 0.387 e. The quantitative estimate of drug-likeness (QED) is 0.907. The number of nitrogens with zero attached hydrogens (tertiary/aromatic N) is 4. The van der Waals surface area contributed by atoms with Crippen LogP contribution in [0.3, 0.4) is 0 Å². The lowest BCUT2D eigenvalue weighted by molar-refractivity contribution is 0.109. The molecule has 5 nitrogen and oxygen atoms in total. The molecule has 1 aliphatic heterocycles. The van der Waals surface area contributed by atoms with Gasteiger partial charge in [-0.2, -0.15) is 0 Å². The van der Waals surface area contributed by atoms with Gasteiger partial charge in [-0.3, -0.25) is 4.90 Å². The molecule has 2 heterocycles. The first kappa shape index (κ1) is 17.8. The van der Waals surface area contributed by atoms with Gasteiger partial charge in [0.05, 0.1) is 6.10 Å². The predicted molar refractivity (Wildman–Crippen MR) is 101 cm³/mol. The van der Waals surface area contributed by atoms with Gasteiger partial charge in [-0.15, -0.1) is 0 Å². The molecule has 134 valence electrons. The Bertz CT molecular complexity index is 681. The van der Waals surface area contributed by atoms with E-state index < -0.39 is 6.10 Å². The van der Waals surface area contributed by atoms with Crippen molar-refractivity contribution < 1.29 is 5.11 Å². The normalized spacial score (nSPS) is 17.1. The third-order valence-electron chi connectivity index (χ3n) is 4.69. The van der Waals surface area contributed by atoms with Gasteiger partial charge in [0.25, 0.3) is 0 Å². The number of rotatable bonds is 5. The van der Waals surface area contributed by atoms with Gasteiger partial charge in [0.2, 0.25) is 0 Å². The van der Waals surface area contributed by atoms with E-state index in [1.807, 2.05) is 37.3 Å². The molecule has 5 heteroatoms. The van der Waals surface area contributed by atoms with Crippen molar-refractivity contribution in [2.24, 2.45) is 0 Å². The Balaban J connectivity index is 1.59. The molecular formula is C20H28N4O. The third kappa shape index (κ3) is 4.55. The first-order valence-electron chi connectivity index (χ1n) is 9.09. The Morgan fingerprint density at radius 2 is 1.72 bits per heavy atom. The van der Waals surface area contributed by atoms with Gasteiger partial charge in [0, 0.05) is 50.4 Å². The number of hydrogen-bond acceptors (Lipinski definition) is 5. The summed E-state index contributed by atoms with van der Waals surface area (Å²) in [6, 6.07) is 12.0. The van der Waals surface area contributed by atoms with Crippen molar-refractivity contribution in [3.63, 3.8) is 0 Å². The molecule has 1 aromatic heterocycles. The van der Waals surface area contributed by atoms with Crippen LogP contribution in [0.25, 0.3) is 0 Å². The smallest absolute Gasteiger partial charge is 0.133 e. The van der Waals surface area contributed by atoms with E-state index >= 15 is 0 Å². The minimum atomic E-state index is -0.429. The van der Waals surface area contributed by atoms with E-state index in [1.54, 1.807) is 0 Å². The maximum absolute atomic E-state index is 10.4. The first-order chi connectivity index (χ1) is 12.0. The molecule has 0 radical (unpaired) electrons. The van der Waals surface area contributed by atoms with Crippen LogP contribution in [0.15, 0.2) is 36.4 Å². The Morgan fingerprint density at radius 3 is 2.36 bits per heavy atom. The minimum Gasteiger partial charge on any atom is -0.387 e. The first-order valence-corrected chi connectivity index (χ1v) is 9.09. The average Bonchev–Trinajstić information content (AvgIpc) is 2.62. The fourth-order valence-electron chi connectivity index (χ4n) is 3.18. The van der Waals surface area contributed by atoms with E-state index in [9.17, 15) is 5.11 Å². The highest BCUT2D eigenvalue weighted by atomic mass is 16.3. The molecule has 0 aliphatic carbocycles. The minimum absolute atomic E-state index is 0.334. The van der Waals surface area contributed by atoms with Gasteiger partial charge in [-0.1, -0.05) is 44.2 Å². The summed E-state index contributed by atoms with van der Waals surface area (Å²) in [7, 11) is 0. The second-order valence-corrected chi connectivity index (χ2v) is 7.09. The molecule has 1 atom stereocenters. The van der Waals surface area contributed by atoms with Gasteiger partial charge in [0.1, 0.15) is 11.6 Å². The zero-order chi connectivity index (χ0) is 17.8. The van der Waals surface area contributed by atoms with E-state index in [1.165, 1.54) is 0 Å². The van der Waals surface area contributed by atoms with E-state index in [2.05, 4.69) is 34.7 Å². The predicted octanol–water partition coefficient (Wildman–Crippen LogP) is 2.76. The maximum Gasteiger partial charge on any atom is 0.133 e. The second-order valence-electron chi connectivity index (χ2n) is 7.09. The number of aliphatic hydroxyl groups excluding tert-OH is 1. The highest BCUT2D eigenvalue weighted by molar-refractivity contribution is 5.40. The summed E-state index contributed by atoms with van der Waals surface area (Å²) in [5.41, 5.74) is 2.01. The van der Waals surface area contributed by atoms with E-state index in [4.69, 9.17) is 4.98 Å².